The smallest absolute Gasteiger partial charge is 0.320 e. The van der Waals surface area contributed by atoms with Gasteiger partial charge in [0.1, 0.15) is 6.04 Å². The molecule has 5 heteroatoms. The van der Waals surface area contributed by atoms with Crippen molar-refractivity contribution in [2.75, 3.05) is 0 Å². The largest absolute Gasteiger partial charge is 0.480 e. The first-order valence-corrected chi connectivity index (χ1v) is 5.19. The fourth-order valence-electron chi connectivity index (χ4n) is 1.64. The van der Waals surface area contributed by atoms with Crippen LogP contribution in [-0.2, 0) is 11.2 Å². The van der Waals surface area contributed by atoms with Gasteiger partial charge >= 0.3 is 5.97 Å². The summed E-state index contributed by atoms with van der Waals surface area (Å²) in [5.74, 6) is -1.00. The quantitative estimate of drug-likeness (QED) is 0.763. The third-order valence-corrected chi connectivity index (χ3v) is 2.72. The third kappa shape index (κ3) is 2.03. The summed E-state index contributed by atoms with van der Waals surface area (Å²) in [6.45, 7) is 0. The van der Waals surface area contributed by atoms with Gasteiger partial charge in [0.05, 0.1) is 0 Å². The Balaban J connectivity index is 2.37. The molecule has 2 rings (SSSR count). The van der Waals surface area contributed by atoms with Gasteiger partial charge in [0.2, 0.25) is 0 Å². The monoisotopic (exact) mass is 238 g/mol. The van der Waals surface area contributed by atoms with E-state index in [4.69, 9.17) is 22.4 Å². The SMILES string of the molecule is N[C@H](Cc1c[nH]c2ccc(Cl)cc12)C(=O)O. The lowest BCUT2D eigenvalue weighted by Crippen LogP contribution is -2.32. The average Bonchev–Trinajstić information content (AvgIpc) is 2.61. The summed E-state index contributed by atoms with van der Waals surface area (Å²) >= 11 is 5.89. The molecular formula is C11H11ClN2O2. The van der Waals surface area contributed by atoms with Crippen molar-refractivity contribution >= 4 is 28.5 Å². The number of fused-ring (bicyclic) bond motifs is 1. The van der Waals surface area contributed by atoms with E-state index in [2.05, 4.69) is 4.98 Å². The molecule has 1 atom stereocenters. The van der Waals surface area contributed by atoms with Crippen LogP contribution < -0.4 is 5.73 Å². The van der Waals surface area contributed by atoms with Crippen molar-refractivity contribution in [3.63, 3.8) is 0 Å². The molecule has 0 fully saturated rings. The van der Waals surface area contributed by atoms with Gasteiger partial charge in [-0.2, -0.15) is 0 Å². The van der Waals surface area contributed by atoms with E-state index in [0.717, 1.165) is 16.5 Å². The van der Waals surface area contributed by atoms with Gasteiger partial charge in [0.15, 0.2) is 0 Å². The van der Waals surface area contributed by atoms with Crippen LogP contribution >= 0.6 is 11.6 Å². The molecule has 4 nitrogen and oxygen atoms in total. The highest BCUT2D eigenvalue weighted by atomic mass is 35.5. The first-order chi connectivity index (χ1) is 7.58. The highest BCUT2D eigenvalue weighted by Gasteiger charge is 2.14. The van der Waals surface area contributed by atoms with E-state index in [-0.39, 0.29) is 6.42 Å². The van der Waals surface area contributed by atoms with E-state index < -0.39 is 12.0 Å². The molecule has 16 heavy (non-hydrogen) atoms. The van der Waals surface area contributed by atoms with Crippen molar-refractivity contribution in [1.29, 1.82) is 0 Å². The van der Waals surface area contributed by atoms with Gasteiger partial charge in [-0.3, -0.25) is 4.79 Å². The first kappa shape index (κ1) is 11.0. The van der Waals surface area contributed by atoms with E-state index in [0.29, 0.717) is 5.02 Å². The van der Waals surface area contributed by atoms with Gasteiger partial charge in [-0.1, -0.05) is 11.6 Å². The number of benzene rings is 1. The Labute approximate surface area is 97.0 Å². The Bertz CT molecular complexity index is 536. The number of nitrogens with one attached hydrogen (secondary N) is 1. The summed E-state index contributed by atoms with van der Waals surface area (Å²) in [6.07, 6.45) is 2.06. The normalized spacial score (nSPS) is 12.9. The third-order valence-electron chi connectivity index (χ3n) is 2.49. The second-order valence-electron chi connectivity index (χ2n) is 3.65. The second-order valence-corrected chi connectivity index (χ2v) is 4.09. The van der Waals surface area contributed by atoms with Crippen LogP contribution in [0.3, 0.4) is 0 Å². The van der Waals surface area contributed by atoms with Crippen molar-refractivity contribution in [1.82, 2.24) is 4.98 Å². The summed E-state index contributed by atoms with van der Waals surface area (Å²) in [5, 5.41) is 10.3. The summed E-state index contributed by atoms with van der Waals surface area (Å²) in [6, 6.07) is 4.55. The molecule has 0 amide bonds. The Morgan fingerprint density at radius 2 is 2.31 bits per heavy atom. The zero-order chi connectivity index (χ0) is 11.7. The summed E-state index contributed by atoms with van der Waals surface area (Å²) in [5.41, 5.74) is 7.29. The molecule has 84 valence electrons. The number of rotatable bonds is 3. The molecule has 0 bridgehead atoms. The summed E-state index contributed by atoms with van der Waals surface area (Å²) < 4.78 is 0. The van der Waals surface area contributed by atoms with Crippen molar-refractivity contribution in [2.45, 2.75) is 12.5 Å². The van der Waals surface area contributed by atoms with Gasteiger partial charge in [-0.15, -0.1) is 0 Å². The van der Waals surface area contributed by atoms with E-state index >= 15 is 0 Å². The molecule has 0 unspecified atom stereocenters. The van der Waals surface area contributed by atoms with E-state index in [1.807, 2.05) is 6.07 Å². The number of carbonyl (C=O) groups is 1. The van der Waals surface area contributed by atoms with Crippen LogP contribution in [0.5, 0.6) is 0 Å². The number of hydrogen-bond donors (Lipinski definition) is 3. The average molecular weight is 239 g/mol. The molecule has 1 aromatic carbocycles. The fraction of sp³-hybridized carbons (Fsp3) is 0.182. The maximum atomic E-state index is 10.7. The molecular weight excluding hydrogens is 228 g/mol. The molecule has 0 spiro atoms. The van der Waals surface area contributed by atoms with E-state index in [1.54, 1.807) is 18.3 Å². The summed E-state index contributed by atoms with van der Waals surface area (Å²) in [4.78, 5) is 13.7. The van der Waals surface area contributed by atoms with Crippen LogP contribution in [0.15, 0.2) is 24.4 Å². The zero-order valence-electron chi connectivity index (χ0n) is 8.40. The molecule has 1 heterocycles. The number of H-pyrrole nitrogens is 1. The van der Waals surface area contributed by atoms with Gasteiger partial charge in [-0.25, -0.2) is 0 Å². The molecule has 2 aromatic rings. The van der Waals surface area contributed by atoms with Crippen LogP contribution in [0.4, 0.5) is 0 Å². The maximum Gasteiger partial charge on any atom is 0.320 e. The molecule has 0 aliphatic heterocycles. The topological polar surface area (TPSA) is 79.1 Å². The Kier molecular flexibility index (Phi) is 2.85. The van der Waals surface area contributed by atoms with E-state index in [9.17, 15) is 4.79 Å². The Morgan fingerprint density at radius 3 is 3.00 bits per heavy atom. The van der Waals surface area contributed by atoms with Crippen LogP contribution in [0.25, 0.3) is 10.9 Å². The predicted octanol–water partition coefficient (Wildman–Crippen LogP) is 1.78. The number of aliphatic carboxylic acids is 1. The van der Waals surface area contributed by atoms with Crippen LogP contribution in [-0.4, -0.2) is 22.1 Å². The molecule has 0 radical (unpaired) electrons. The van der Waals surface area contributed by atoms with Crippen molar-refractivity contribution in [2.24, 2.45) is 5.73 Å². The number of hydrogen-bond acceptors (Lipinski definition) is 2. The number of aromatic nitrogens is 1. The summed E-state index contributed by atoms with van der Waals surface area (Å²) in [7, 11) is 0. The van der Waals surface area contributed by atoms with Crippen LogP contribution in [0, 0.1) is 0 Å². The van der Waals surface area contributed by atoms with E-state index in [1.165, 1.54) is 0 Å². The number of carboxylic acid groups (broad SMARTS) is 1. The predicted molar refractivity (Wildman–Crippen MR) is 62.6 cm³/mol. The lowest BCUT2D eigenvalue weighted by atomic mass is 10.1. The second kappa shape index (κ2) is 4.15. The highest BCUT2D eigenvalue weighted by Crippen LogP contribution is 2.23. The minimum absolute atomic E-state index is 0.287. The Hall–Kier alpha value is -1.52. The number of nitrogens with two attached hydrogens (primary N) is 1. The molecule has 0 saturated heterocycles. The number of aromatic amines is 1. The Morgan fingerprint density at radius 1 is 1.56 bits per heavy atom. The highest BCUT2D eigenvalue weighted by molar-refractivity contribution is 6.31. The lowest BCUT2D eigenvalue weighted by molar-refractivity contribution is -0.138. The number of carboxylic acids is 1. The van der Waals surface area contributed by atoms with Gasteiger partial charge in [0.25, 0.3) is 0 Å². The molecule has 0 saturated carbocycles. The minimum Gasteiger partial charge on any atom is -0.480 e. The van der Waals surface area contributed by atoms with Crippen LogP contribution in [0.2, 0.25) is 5.02 Å². The standard InChI is InChI=1S/C11H11ClN2O2/c12-7-1-2-10-8(4-7)6(5-14-10)3-9(13)11(15)16/h1-2,4-5,9,14H,3,13H2,(H,15,16)/t9-/m1/s1. The van der Waals surface area contributed by atoms with Gasteiger partial charge in [0, 0.05) is 28.5 Å². The van der Waals surface area contributed by atoms with Gasteiger partial charge < -0.3 is 15.8 Å². The minimum atomic E-state index is -1.00. The molecule has 0 aliphatic carbocycles. The fourth-order valence-corrected chi connectivity index (χ4v) is 1.82. The van der Waals surface area contributed by atoms with Gasteiger partial charge in [-0.05, 0) is 23.8 Å². The molecule has 4 N–H and O–H groups in total. The van der Waals surface area contributed by atoms with Crippen molar-refractivity contribution < 1.29 is 9.90 Å². The lowest BCUT2D eigenvalue weighted by Gasteiger charge is -2.04. The van der Waals surface area contributed by atoms with Crippen LogP contribution in [0.1, 0.15) is 5.56 Å². The number of halogens is 1. The molecule has 0 aliphatic rings. The zero-order valence-corrected chi connectivity index (χ0v) is 9.16. The van der Waals surface area contributed by atoms with Crippen molar-refractivity contribution in [3.8, 4) is 0 Å². The molecule has 1 aromatic heterocycles. The van der Waals surface area contributed by atoms with Crippen molar-refractivity contribution in [3.05, 3.63) is 35.0 Å². The maximum absolute atomic E-state index is 10.7. The first-order valence-electron chi connectivity index (χ1n) is 4.82.